The van der Waals surface area contributed by atoms with E-state index in [0.717, 1.165) is 50.4 Å². The maximum Gasteiger partial charge on any atom is 0.244 e. The van der Waals surface area contributed by atoms with Crippen LogP contribution in [0.15, 0.2) is 24.8 Å². The minimum Gasteiger partial charge on any atom is -0.338 e. The molecule has 7 nitrogen and oxygen atoms in total. The van der Waals surface area contributed by atoms with E-state index in [1.165, 1.54) is 6.42 Å². The van der Waals surface area contributed by atoms with Crippen molar-refractivity contribution >= 4 is 11.6 Å². The predicted octanol–water partition coefficient (Wildman–Crippen LogP) is 1.21. The number of carbonyl (C=O) groups is 1. The quantitative estimate of drug-likeness (QED) is 0.838. The summed E-state index contributed by atoms with van der Waals surface area (Å²) in [6, 6.07) is 0.0179. The second kappa shape index (κ2) is 6.63. The number of hydrogen-bond acceptors (Lipinski definition) is 4. The number of carbonyl (C=O) groups excluding carboxylic acids is 1. The Morgan fingerprint density at radius 3 is 2.84 bits per heavy atom. The van der Waals surface area contributed by atoms with E-state index in [-0.39, 0.29) is 11.9 Å². The highest BCUT2D eigenvalue weighted by molar-refractivity contribution is 5.99. The van der Waals surface area contributed by atoms with Gasteiger partial charge in [-0.1, -0.05) is 0 Å². The molecule has 0 aliphatic carbocycles. The zero-order valence-electron chi connectivity index (χ0n) is 15.0. The van der Waals surface area contributed by atoms with Gasteiger partial charge in [-0.2, -0.15) is 5.10 Å². The van der Waals surface area contributed by atoms with Crippen molar-refractivity contribution in [1.29, 1.82) is 0 Å². The van der Waals surface area contributed by atoms with Crippen molar-refractivity contribution in [3.05, 3.63) is 30.6 Å². The van der Waals surface area contributed by atoms with Crippen LogP contribution in [0, 0.1) is 5.92 Å². The fourth-order valence-electron chi connectivity index (χ4n) is 4.21. The number of imidazole rings is 1. The summed E-state index contributed by atoms with van der Waals surface area (Å²) in [7, 11) is 3.93. The molecule has 2 aromatic heterocycles. The molecule has 0 spiro atoms. The maximum atomic E-state index is 12.9. The first-order valence-electron chi connectivity index (χ1n) is 9.12. The first-order chi connectivity index (χ1) is 12.1. The number of likely N-dealkylation sites (tertiary alicyclic amines) is 1. The largest absolute Gasteiger partial charge is 0.338 e. The van der Waals surface area contributed by atoms with Gasteiger partial charge in [-0.25, -0.2) is 4.98 Å². The van der Waals surface area contributed by atoms with Gasteiger partial charge in [-0.3, -0.25) is 14.4 Å². The van der Waals surface area contributed by atoms with Crippen LogP contribution in [0.3, 0.4) is 0 Å². The Morgan fingerprint density at radius 2 is 2.12 bits per heavy atom. The van der Waals surface area contributed by atoms with Gasteiger partial charge in [-0.05, 0) is 31.7 Å². The third-order valence-electron chi connectivity index (χ3n) is 5.56. The van der Waals surface area contributed by atoms with Crippen LogP contribution in [-0.2, 0) is 25.3 Å². The fourth-order valence-corrected chi connectivity index (χ4v) is 4.21. The van der Waals surface area contributed by atoms with Crippen LogP contribution in [0.2, 0.25) is 0 Å². The molecule has 1 amide bonds. The van der Waals surface area contributed by atoms with E-state index in [0.29, 0.717) is 5.92 Å². The number of amides is 1. The van der Waals surface area contributed by atoms with Crippen LogP contribution in [-0.4, -0.2) is 55.8 Å². The number of piperidine rings is 1. The molecule has 25 heavy (non-hydrogen) atoms. The van der Waals surface area contributed by atoms with E-state index >= 15 is 0 Å². The number of rotatable bonds is 4. The molecule has 0 aromatic carbocycles. The molecular weight excluding hydrogens is 316 g/mol. The van der Waals surface area contributed by atoms with Crippen molar-refractivity contribution in [3.63, 3.8) is 0 Å². The standard InChI is InChI=1S/C18H26N6O/c1-21-9-6-19-17(21)10-14-4-3-7-23(12-14)16-5-8-24(18(16)25)15-11-20-22(2)13-15/h6,9,11,13-14,16H,3-5,7-8,10,12H2,1-2H3/t14-,16-/m0/s1. The summed E-state index contributed by atoms with van der Waals surface area (Å²) in [4.78, 5) is 21.7. The molecule has 2 atom stereocenters. The second-order valence-corrected chi connectivity index (χ2v) is 7.33. The molecular formula is C18H26N6O. The lowest BCUT2D eigenvalue weighted by Gasteiger charge is -2.35. The number of aryl methyl sites for hydroxylation is 2. The number of nitrogens with zero attached hydrogens (tertiary/aromatic N) is 6. The Bertz CT molecular complexity index is 750. The second-order valence-electron chi connectivity index (χ2n) is 7.33. The Kier molecular flexibility index (Phi) is 4.33. The summed E-state index contributed by atoms with van der Waals surface area (Å²) in [6.07, 6.45) is 11.8. The van der Waals surface area contributed by atoms with Crippen LogP contribution in [0.5, 0.6) is 0 Å². The Balaban J connectivity index is 1.41. The predicted molar refractivity (Wildman–Crippen MR) is 95.2 cm³/mol. The third-order valence-corrected chi connectivity index (χ3v) is 5.56. The van der Waals surface area contributed by atoms with Gasteiger partial charge in [0, 0.05) is 52.2 Å². The molecule has 2 aliphatic rings. The average molecular weight is 342 g/mol. The summed E-state index contributed by atoms with van der Waals surface area (Å²) in [5.74, 6) is 1.95. The first-order valence-corrected chi connectivity index (χ1v) is 9.12. The summed E-state index contributed by atoms with van der Waals surface area (Å²) < 4.78 is 3.85. The molecule has 0 bridgehead atoms. The van der Waals surface area contributed by atoms with Crippen molar-refractivity contribution in [1.82, 2.24) is 24.2 Å². The average Bonchev–Trinajstić information content (AvgIpc) is 3.29. The molecule has 4 heterocycles. The Morgan fingerprint density at radius 1 is 1.24 bits per heavy atom. The minimum atomic E-state index is 0.0179. The van der Waals surface area contributed by atoms with Crippen molar-refractivity contribution in [2.75, 3.05) is 24.5 Å². The molecule has 0 unspecified atom stereocenters. The summed E-state index contributed by atoms with van der Waals surface area (Å²) in [5, 5.41) is 4.20. The summed E-state index contributed by atoms with van der Waals surface area (Å²) >= 11 is 0. The highest BCUT2D eigenvalue weighted by Gasteiger charge is 2.38. The molecule has 4 rings (SSSR count). The summed E-state index contributed by atoms with van der Waals surface area (Å²) in [5.41, 5.74) is 0.913. The van der Waals surface area contributed by atoms with Crippen LogP contribution >= 0.6 is 0 Å². The molecule has 0 saturated carbocycles. The molecule has 7 heteroatoms. The normalized spacial score (nSPS) is 25.0. The zero-order chi connectivity index (χ0) is 17.4. The van der Waals surface area contributed by atoms with E-state index < -0.39 is 0 Å². The zero-order valence-corrected chi connectivity index (χ0v) is 15.0. The van der Waals surface area contributed by atoms with Crippen LogP contribution < -0.4 is 4.90 Å². The van der Waals surface area contributed by atoms with Crippen molar-refractivity contribution in [3.8, 4) is 0 Å². The number of hydrogen-bond donors (Lipinski definition) is 0. The van der Waals surface area contributed by atoms with Gasteiger partial charge >= 0.3 is 0 Å². The monoisotopic (exact) mass is 342 g/mol. The molecule has 2 aliphatic heterocycles. The van der Waals surface area contributed by atoms with Crippen molar-refractivity contribution < 1.29 is 4.79 Å². The van der Waals surface area contributed by atoms with Crippen LogP contribution in [0.4, 0.5) is 5.69 Å². The van der Waals surface area contributed by atoms with E-state index in [2.05, 4.69) is 26.6 Å². The van der Waals surface area contributed by atoms with Gasteiger partial charge in [0.1, 0.15) is 5.82 Å². The molecule has 134 valence electrons. The van der Waals surface area contributed by atoms with Crippen molar-refractivity contribution in [2.24, 2.45) is 20.0 Å². The Hall–Kier alpha value is -2.15. The number of aromatic nitrogens is 4. The van der Waals surface area contributed by atoms with E-state index in [1.807, 2.05) is 30.5 Å². The molecule has 2 fully saturated rings. The van der Waals surface area contributed by atoms with Gasteiger partial charge in [-0.15, -0.1) is 0 Å². The molecule has 0 N–H and O–H groups in total. The maximum absolute atomic E-state index is 12.9. The lowest BCUT2D eigenvalue weighted by Crippen LogP contribution is -2.47. The van der Waals surface area contributed by atoms with E-state index in [1.54, 1.807) is 10.9 Å². The SMILES string of the molecule is Cn1cc(N2CC[C@H](N3CCC[C@@H](Cc4nccn4C)C3)C2=O)cn1. The third kappa shape index (κ3) is 3.20. The van der Waals surface area contributed by atoms with E-state index in [4.69, 9.17) is 0 Å². The molecule has 2 saturated heterocycles. The van der Waals surface area contributed by atoms with Crippen LogP contribution in [0.1, 0.15) is 25.1 Å². The lowest BCUT2D eigenvalue weighted by atomic mass is 9.93. The van der Waals surface area contributed by atoms with Crippen LogP contribution in [0.25, 0.3) is 0 Å². The topological polar surface area (TPSA) is 59.2 Å². The summed E-state index contributed by atoms with van der Waals surface area (Å²) in [6.45, 7) is 2.80. The molecule has 0 radical (unpaired) electrons. The van der Waals surface area contributed by atoms with Gasteiger partial charge in [0.05, 0.1) is 17.9 Å². The first kappa shape index (κ1) is 16.3. The Labute approximate surface area is 148 Å². The van der Waals surface area contributed by atoms with Gasteiger partial charge in [0.25, 0.3) is 0 Å². The molecule has 2 aromatic rings. The van der Waals surface area contributed by atoms with E-state index in [9.17, 15) is 4.79 Å². The highest BCUT2D eigenvalue weighted by Crippen LogP contribution is 2.28. The van der Waals surface area contributed by atoms with Gasteiger partial charge in [0.15, 0.2) is 0 Å². The fraction of sp³-hybridized carbons (Fsp3) is 0.611. The van der Waals surface area contributed by atoms with Gasteiger partial charge in [0.2, 0.25) is 5.91 Å². The van der Waals surface area contributed by atoms with Gasteiger partial charge < -0.3 is 9.47 Å². The smallest absolute Gasteiger partial charge is 0.244 e. The highest BCUT2D eigenvalue weighted by atomic mass is 16.2. The number of anilines is 1. The lowest BCUT2D eigenvalue weighted by molar-refractivity contribution is -0.122. The minimum absolute atomic E-state index is 0.0179. The van der Waals surface area contributed by atoms with Crippen molar-refractivity contribution in [2.45, 2.75) is 31.7 Å².